The van der Waals surface area contributed by atoms with E-state index in [1.54, 1.807) is 11.0 Å². The molecule has 0 aliphatic carbocycles. The van der Waals surface area contributed by atoms with E-state index in [0.29, 0.717) is 24.4 Å². The van der Waals surface area contributed by atoms with Gasteiger partial charge < -0.3 is 10.2 Å². The lowest BCUT2D eigenvalue weighted by Crippen LogP contribution is -2.30. The van der Waals surface area contributed by atoms with Crippen molar-refractivity contribution in [3.05, 3.63) is 101 Å². The molecule has 0 bridgehead atoms. The first kappa shape index (κ1) is 27.6. The molecular weight excluding hydrogens is 408 g/mol. The molecule has 4 heteroatoms. The van der Waals surface area contributed by atoms with Crippen molar-refractivity contribution >= 4 is 18.3 Å². The van der Waals surface area contributed by atoms with Gasteiger partial charge in [0.15, 0.2) is 0 Å². The molecule has 1 amide bonds. The SMILES string of the molecule is C=C(/C=C/c1ccc(C(=O)N(CC)CC)cc1)/C=C(\C=C/C)C(=C)N/C(=C/C=O)CCCC. The smallest absolute Gasteiger partial charge is 0.253 e. The van der Waals surface area contributed by atoms with Gasteiger partial charge in [-0.25, -0.2) is 0 Å². The van der Waals surface area contributed by atoms with E-state index in [4.69, 9.17) is 0 Å². The van der Waals surface area contributed by atoms with E-state index in [2.05, 4.69) is 25.4 Å². The highest BCUT2D eigenvalue weighted by molar-refractivity contribution is 5.94. The quantitative estimate of drug-likeness (QED) is 0.199. The molecule has 1 N–H and O–H groups in total. The summed E-state index contributed by atoms with van der Waals surface area (Å²) in [7, 11) is 0. The van der Waals surface area contributed by atoms with Gasteiger partial charge in [0.05, 0.1) is 0 Å². The monoisotopic (exact) mass is 446 g/mol. The second-order valence-corrected chi connectivity index (χ2v) is 7.64. The van der Waals surface area contributed by atoms with Gasteiger partial charge in [-0.05, 0) is 74.6 Å². The minimum Gasteiger partial charge on any atom is -0.359 e. The zero-order chi connectivity index (χ0) is 24.6. The predicted octanol–water partition coefficient (Wildman–Crippen LogP) is 6.62. The van der Waals surface area contributed by atoms with Crippen LogP contribution in [-0.4, -0.2) is 30.2 Å². The summed E-state index contributed by atoms with van der Waals surface area (Å²) < 4.78 is 0. The Labute approximate surface area is 199 Å². The molecule has 0 fully saturated rings. The fraction of sp³-hybridized carbons (Fsp3) is 0.310. The Hall–Kier alpha value is -3.40. The Morgan fingerprint density at radius 3 is 2.27 bits per heavy atom. The third-order valence-electron chi connectivity index (χ3n) is 5.11. The van der Waals surface area contributed by atoms with E-state index >= 15 is 0 Å². The van der Waals surface area contributed by atoms with Crippen molar-refractivity contribution in [2.24, 2.45) is 0 Å². The summed E-state index contributed by atoms with van der Waals surface area (Å²) >= 11 is 0. The Balaban J connectivity index is 2.92. The minimum absolute atomic E-state index is 0.0480. The van der Waals surface area contributed by atoms with Crippen LogP contribution in [0.3, 0.4) is 0 Å². The van der Waals surface area contributed by atoms with Gasteiger partial charge in [-0.2, -0.15) is 0 Å². The van der Waals surface area contributed by atoms with Crippen molar-refractivity contribution in [1.29, 1.82) is 0 Å². The van der Waals surface area contributed by atoms with Crippen molar-refractivity contribution < 1.29 is 9.59 Å². The second kappa shape index (κ2) is 15.4. The van der Waals surface area contributed by atoms with Crippen LogP contribution in [-0.2, 0) is 4.79 Å². The topological polar surface area (TPSA) is 49.4 Å². The number of allylic oxidation sites excluding steroid dienone is 7. The third kappa shape index (κ3) is 9.73. The lowest BCUT2D eigenvalue weighted by molar-refractivity contribution is -0.104. The molecule has 0 aliphatic heterocycles. The summed E-state index contributed by atoms with van der Waals surface area (Å²) in [6.07, 6.45) is 14.9. The van der Waals surface area contributed by atoms with E-state index < -0.39 is 0 Å². The molecule has 0 spiro atoms. The summed E-state index contributed by atoms with van der Waals surface area (Å²) in [6, 6.07) is 7.57. The molecule has 0 aliphatic rings. The highest BCUT2D eigenvalue weighted by Gasteiger charge is 2.11. The molecule has 0 saturated heterocycles. The molecular formula is C29H38N2O2. The Kier molecular flexibility index (Phi) is 12.9. The maximum Gasteiger partial charge on any atom is 0.253 e. The first-order valence-electron chi connectivity index (χ1n) is 11.6. The molecule has 1 aromatic rings. The van der Waals surface area contributed by atoms with Crippen LogP contribution in [0.25, 0.3) is 6.08 Å². The number of unbranched alkanes of at least 4 members (excludes halogenated alkanes) is 1. The Morgan fingerprint density at radius 1 is 1.06 bits per heavy atom. The normalized spacial score (nSPS) is 12.2. The number of amides is 1. The standard InChI is InChI=1S/C29H38N2O2/c1-7-11-13-28(20-21-32)30-24(6)27(12-8-2)22-23(5)14-15-25-16-18-26(19-17-25)29(33)31(9-3)10-4/h8,12,14-22,30H,5-7,9-11,13H2,1-4H3/b12-8-,15-14+,27-22+,28-20+. The molecule has 4 nitrogen and oxygen atoms in total. The number of benzene rings is 1. The number of carbonyl (C=O) groups is 2. The number of nitrogens with one attached hydrogen (secondary N) is 1. The molecule has 1 aromatic carbocycles. The van der Waals surface area contributed by atoms with E-state index in [1.807, 2.05) is 75.4 Å². The molecule has 176 valence electrons. The van der Waals surface area contributed by atoms with Gasteiger partial charge in [-0.3, -0.25) is 9.59 Å². The Bertz CT molecular complexity index is 927. The van der Waals surface area contributed by atoms with Crippen LogP contribution in [0.15, 0.2) is 90.3 Å². The van der Waals surface area contributed by atoms with Gasteiger partial charge in [0, 0.05) is 30.0 Å². The molecule has 0 unspecified atom stereocenters. The maximum absolute atomic E-state index is 12.4. The summed E-state index contributed by atoms with van der Waals surface area (Å²) in [4.78, 5) is 25.2. The van der Waals surface area contributed by atoms with Gasteiger partial charge in [0.1, 0.15) is 6.29 Å². The second-order valence-electron chi connectivity index (χ2n) is 7.64. The number of nitrogens with zero attached hydrogens (tertiary/aromatic N) is 1. The van der Waals surface area contributed by atoms with Crippen molar-refractivity contribution in [3.8, 4) is 0 Å². The van der Waals surface area contributed by atoms with E-state index in [9.17, 15) is 9.59 Å². The largest absolute Gasteiger partial charge is 0.359 e. The van der Waals surface area contributed by atoms with Crippen molar-refractivity contribution in [2.75, 3.05) is 13.1 Å². The number of rotatable bonds is 14. The highest BCUT2D eigenvalue weighted by atomic mass is 16.2. The molecule has 0 saturated carbocycles. The van der Waals surface area contributed by atoms with Crippen LogP contribution in [0.2, 0.25) is 0 Å². The first-order chi connectivity index (χ1) is 15.9. The number of aldehydes is 1. The average Bonchev–Trinajstić information content (AvgIpc) is 2.82. The van der Waals surface area contributed by atoms with Crippen LogP contribution in [0.1, 0.15) is 62.9 Å². The molecule has 0 aromatic heterocycles. The molecule has 33 heavy (non-hydrogen) atoms. The summed E-state index contributed by atoms with van der Waals surface area (Å²) in [6.45, 7) is 17.7. The van der Waals surface area contributed by atoms with Crippen molar-refractivity contribution in [2.45, 2.75) is 47.0 Å². The van der Waals surface area contributed by atoms with Crippen LogP contribution < -0.4 is 5.32 Å². The lowest BCUT2D eigenvalue weighted by atomic mass is 10.1. The van der Waals surface area contributed by atoms with Crippen molar-refractivity contribution in [3.63, 3.8) is 0 Å². The minimum atomic E-state index is 0.0480. The molecule has 0 radical (unpaired) electrons. The van der Waals surface area contributed by atoms with Crippen molar-refractivity contribution in [1.82, 2.24) is 10.2 Å². The maximum atomic E-state index is 12.4. The Morgan fingerprint density at radius 2 is 1.73 bits per heavy atom. The number of hydrogen-bond acceptors (Lipinski definition) is 3. The number of hydrogen-bond donors (Lipinski definition) is 1. The zero-order valence-corrected chi connectivity index (χ0v) is 20.6. The molecule has 0 atom stereocenters. The summed E-state index contributed by atoms with van der Waals surface area (Å²) in [5.41, 5.74) is 4.94. The van der Waals surface area contributed by atoms with Gasteiger partial charge in [-0.1, -0.05) is 62.9 Å². The first-order valence-corrected chi connectivity index (χ1v) is 11.6. The zero-order valence-electron chi connectivity index (χ0n) is 20.6. The van der Waals surface area contributed by atoms with Crippen LogP contribution in [0.4, 0.5) is 0 Å². The van der Waals surface area contributed by atoms with E-state index in [0.717, 1.165) is 48.0 Å². The highest BCUT2D eigenvalue weighted by Crippen LogP contribution is 2.16. The summed E-state index contributed by atoms with van der Waals surface area (Å²) in [5, 5.41) is 3.27. The van der Waals surface area contributed by atoms with Crippen LogP contribution >= 0.6 is 0 Å². The fourth-order valence-corrected chi connectivity index (χ4v) is 3.20. The van der Waals surface area contributed by atoms with Crippen LogP contribution in [0, 0.1) is 0 Å². The fourth-order valence-electron chi connectivity index (χ4n) is 3.20. The van der Waals surface area contributed by atoms with E-state index in [1.165, 1.54) is 0 Å². The average molecular weight is 447 g/mol. The van der Waals surface area contributed by atoms with Gasteiger partial charge in [0.25, 0.3) is 5.91 Å². The molecule has 1 rings (SSSR count). The van der Waals surface area contributed by atoms with E-state index in [-0.39, 0.29) is 5.91 Å². The van der Waals surface area contributed by atoms with Gasteiger partial charge in [0.2, 0.25) is 0 Å². The molecule has 0 heterocycles. The lowest BCUT2D eigenvalue weighted by Gasteiger charge is -2.18. The number of carbonyl (C=O) groups excluding carboxylic acids is 2. The summed E-state index contributed by atoms with van der Waals surface area (Å²) in [5.74, 6) is 0.0480. The third-order valence-corrected chi connectivity index (χ3v) is 5.11. The van der Waals surface area contributed by atoms with Gasteiger partial charge in [-0.15, -0.1) is 0 Å². The van der Waals surface area contributed by atoms with Gasteiger partial charge >= 0.3 is 0 Å². The van der Waals surface area contributed by atoms with Crippen LogP contribution in [0.5, 0.6) is 0 Å². The predicted molar refractivity (Wildman–Crippen MR) is 141 cm³/mol.